The van der Waals surface area contributed by atoms with Crippen LogP contribution in [-0.2, 0) is 80.9 Å². The molecule has 0 amide bonds. The maximum Gasteiger partial charge on any atom is 0 e. The van der Waals surface area contributed by atoms with Crippen molar-refractivity contribution in [1.29, 1.82) is 0 Å². The molecule has 0 nitrogen and oxygen atoms in total. The molecule has 0 aliphatic carbocycles. The van der Waals surface area contributed by atoms with Crippen molar-refractivity contribution in [2.24, 2.45) is 0 Å². The van der Waals surface area contributed by atoms with Crippen LogP contribution in [0.4, 0.5) is 0 Å². The first kappa shape index (κ1) is 52.8. The van der Waals surface area contributed by atoms with Gasteiger partial charge in [-0.2, -0.15) is 0 Å². The maximum atomic E-state index is 0. The molecule has 0 heterocycles. The van der Waals surface area contributed by atoms with Crippen molar-refractivity contribution in [3.8, 4) is 0 Å². The molecule has 2 radical (unpaired) electrons. The fraction of sp³-hybridized carbons (Fsp3) is 0. The zero-order valence-corrected chi connectivity index (χ0v) is 7.04. The molecule has 0 aliphatic heterocycles. The number of rotatable bonds is 0. The third-order valence-electron chi connectivity index (χ3n) is 0. The average molecular weight is 261 g/mol. The first-order valence-electron chi connectivity index (χ1n) is 0. The first-order chi connectivity index (χ1) is 0. The topological polar surface area (TPSA) is 0 Å². The molecule has 0 unspecified atom stereocenters. The summed E-state index contributed by atoms with van der Waals surface area (Å²) in [6, 6.07) is 0. The summed E-state index contributed by atoms with van der Waals surface area (Å²) in [5.74, 6) is 0. The molecular formula is HCoFeMnNiS-. The molecule has 42 valence electrons. The van der Waals surface area contributed by atoms with E-state index in [2.05, 4.69) is 0 Å². The van der Waals surface area contributed by atoms with Gasteiger partial charge in [-0.1, -0.05) is 0 Å². The van der Waals surface area contributed by atoms with E-state index in [1.54, 1.807) is 0 Å². The molecule has 5 heteroatoms. The van der Waals surface area contributed by atoms with Crippen LogP contribution in [-0.4, -0.2) is 0 Å². The minimum Gasteiger partial charge on any atom is -0.813 e. The van der Waals surface area contributed by atoms with Crippen molar-refractivity contribution >= 4 is 13.5 Å². The molecule has 0 fully saturated rings. The molecule has 0 saturated heterocycles. The summed E-state index contributed by atoms with van der Waals surface area (Å²) >= 11 is 0. The smallest absolute Gasteiger partial charge is 0 e. The van der Waals surface area contributed by atoms with Gasteiger partial charge < -0.3 is 13.5 Å². The van der Waals surface area contributed by atoms with E-state index in [9.17, 15) is 0 Å². The minimum absolute atomic E-state index is 0. The summed E-state index contributed by atoms with van der Waals surface area (Å²) in [4.78, 5) is 0. The van der Waals surface area contributed by atoms with E-state index in [1.807, 2.05) is 0 Å². The fourth-order valence-electron chi connectivity index (χ4n) is 0. The second-order valence-corrected chi connectivity index (χ2v) is 0. The van der Waals surface area contributed by atoms with Crippen LogP contribution in [0.2, 0.25) is 0 Å². The van der Waals surface area contributed by atoms with E-state index in [0.717, 1.165) is 0 Å². The Kier molecular flexibility index (Phi) is 344. The van der Waals surface area contributed by atoms with E-state index in [0.29, 0.717) is 0 Å². The van der Waals surface area contributed by atoms with E-state index in [4.69, 9.17) is 0 Å². The first-order valence-corrected chi connectivity index (χ1v) is 0. The van der Waals surface area contributed by atoms with E-state index in [1.165, 1.54) is 0 Å². The third kappa shape index (κ3) is 21.6. The van der Waals surface area contributed by atoms with Gasteiger partial charge in [0.25, 0.3) is 0 Å². The van der Waals surface area contributed by atoms with Gasteiger partial charge in [0, 0.05) is 67.4 Å². The van der Waals surface area contributed by atoms with Crippen LogP contribution in [0.5, 0.6) is 0 Å². The van der Waals surface area contributed by atoms with Crippen molar-refractivity contribution in [3.05, 3.63) is 0 Å². The average Bonchev–Trinajstić information content (AvgIpc) is 0. The van der Waals surface area contributed by atoms with Gasteiger partial charge in [0.15, 0.2) is 0 Å². The van der Waals surface area contributed by atoms with E-state index < -0.39 is 0 Å². The predicted octanol–water partition coefficient (Wildman–Crippen LogP) is -0.280. The molecule has 0 aliphatic rings. The van der Waals surface area contributed by atoms with Crippen LogP contribution >= 0.6 is 0 Å². The molecule has 5 heavy (non-hydrogen) atoms. The summed E-state index contributed by atoms with van der Waals surface area (Å²) in [7, 11) is 0. The van der Waals surface area contributed by atoms with Crippen molar-refractivity contribution < 1.29 is 67.4 Å². The van der Waals surface area contributed by atoms with Gasteiger partial charge in [-0.05, 0) is 0 Å². The molecule has 0 atom stereocenters. The summed E-state index contributed by atoms with van der Waals surface area (Å²) in [6.07, 6.45) is 0. The zero-order valence-electron chi connectivity index (χ0n) is 1.83. The van der Waals surface area contributed by atoms with Gasteiger partial charge in [-0.25, -0.2) is 0 Å². The van der Waals surface area contributed by atoms with Crippen LogP contribution in [0.25, 0.3) is 0 Å². The molecule has 0 N–H and O–H groups in total. The van der Waals surface area contributed by atoms with Crippen molar-refractivity contribution in [2.45, 2.75) is 0 Å². The Morgan fingerprint density at radius 2 is 1.00 bits per heavy atom. The molecule has 0 aromatic heterocycles. The van der Waals surface area contributed by atoms with Gasteiger partial charge >= 0.3 is 0 Å². The van der Waals surface area contributed by atoms with Crippen LogP contribution < -0.4 is 0 Å². The van der Waals surface area contributed by atoms with Crippen molar-refractivity contribution in [1.82, 2.24) is 0 Å². The standard InChI is InChI=1S/Co.Fe.Mn.Ni.H2S/h;;;;1H2/p-1. The third-order valence-corrected chi connectivity index (χ3v) is 0. The van der Waals surface area contributed by atoms with Gasteiger partial charge in [-0.3, -0.25) is 0 Å². The number of thiol groups is 1. The van der Waals surface area contributed by atoms with Crippen molar-refractivity contribution in [2.75, 3.05) is 0 Å². The van der Waals surface area contributed by atoms with Crippen LogP contribution in [0.1, 0.15) is 0 Å². The van der Waals surface area contributed by atoms with Crippen LogP contribution in [0.15, 0.2) is 0 Å². The fourth-order valence-corrected chi connectivity index (χ4v) is 0. The Labute approximate surface area is 80.1 Å². The number of hydrogen-bond acceptors (Lipinski definition) is 1. The minimum atomic E-state index is 0. The van der Waals surface area contributed by atoms with Gasteiger partial charge in [-0.15, -0.1) is 0 Å². The summed E-state index contributed by atoms with van der Waals surface area (Å²) in [5, 5.41) is 0. The SMILES string of the molecule is [Co].[Fe].[Mn].[Ni].[SH-]. The van der Waals surface area contributed by atoms with E-state index in [-0.39, 0.29) is 80.9 Å². The quantitative estimate of drug-likeness (QED) is 0.328. The van der Waals surface area contributed by atoms with Crippen molar-refractivity contribution in [3.63, 3.8) is 0 Å². The molecule has 0 bridgehead atoms. The summed E-state index contributed by atoms with van der Waals surface area (Å²) in [6.45, 7) is 0. The summed E-state index contributed by atoms with van der Waals surface area (Å²) in [5.41, 5.74) is 0. The zero-order chi connectivity index (χ0) is 0. The van der Waals surface area contributed by atoms with Gasteiger partial charge in [0.1, 0.15) is 0 Å². The summed E-state index contributed by atoms with van der Waals surface area (Å²) < 4.78 is 0. The molecule has 0 rings (SSSR count). The molecule has 0 aromatic carbocycles. The number of hydrogen-bond donors (Lipinski definition) is 0. The molecule has 0 aromatic rings. The Balaban J connectivity index is 0. The maximum absolute atomic E-state index is 0. The Morgan fingerprint density at radius 3 is 1.00 bits per heavy atom. The van der Waals surface area contributed by atoms with Gasteiger partial charge in [0.05, 0.1) is 0 Å². The van der Waals surface area contributed by atoms with Gasteiger partial charge in [0.2, 0.25) is 0 Å². The largest absolute Gasteiger partial charge is 0.813 e. The second-order valence-electron chi connectivity index (χ2n) is 0. The normalized spacial score (nSPS) is 0. The molecule has 0 saturated carbocycles. The second kappa shape index (κ2) is 32.5. The van der Waals surface area contributed by atoms with E-state index >= 15 is 0 Å². The van der Waals surface area contributed by atoms with Crippen LogP contribution in [0, 0.1) is 0 Å². The molecular weight excluding hydrogens is 260 g/mol. The predicted molar refractivity (Wildman–Crippen MR) is 8.76 cm³/mol. The monoisotopic (exact) mass is 261 g/mol. The molecule has 0 spiro atoms. The van der Waals surface area contributed by atoms with Crippen LogP contribution in [0.3, 0.4) is 0 Å². The Hall–Kier alpha value is 2.39. The Bertz CT molecular complexity index is 11.6. The Morgan fingerprint density at radius 1 is 1.00 bits per heavy atom.